The number of nitrogens with one attached hydrogen (secondary N) is 1. The smallest absolute Gasteiger partial charge is 0.271 e. The highest BCUT2D eigenvalue weighted by atomic mass is 35.5. The highest BCUT2D eigenvalue weighted by Gasteiger charge is 2.21. The van der Waals surface area contributed by atoms with Crippen LogP contribution in [0.15, 0.2) is 71.9 Å². The number of nitrogens with zero attached hydrogens (tertiary/aromatic N) is 3. The molecule has 1 atom stereocenters. The van der Waals surface area contributed by atoms with Gasteiger partial charge in [0.05, 0.1) is 31.9 Å². The molecule has 0 fully saturated rings. The Labute approximate surface area is 193 Å². The fraction of sp³-hybridized carbons (Fsp3) is 0.130. The molecule has 0 aliphatic carbocycles. The number of aromatic nitrogens is 2. The van der Waals surface area contributed by atoms with Gasteiger partial charge in [-0.15, -0.1) is 0 Å². The van der Waals surface area contributed by atoms with Gasteiger partial charge in [0, 0.05) is 17.8 Å². The molecule has 3 aromatic carbocycles. The third-order valence-corrected chi connectivity index (χ3v) is 6.26. The number of hydrogen-bond donors (Lipinski definition) is 1. The molecular weight excluding hydrogens is 448 g/mol. The molecule has 1 amide bonds. The SMILES string of the molecule is Cc1ccc(-n2c(S[C@@H](C)C(=O)Nc3ccc([N+](=O)[O-])cc3Cl)nc3ccccc32)cc1. The van der Waals surface area contributed by atoms with Crippen molar-refractivity contribution >= 4 is 51.7 Å². The fourth-order valence-electron chi connectivity index (χ4n) is 3.19. The van der Waals surface area contributed by atoms with Crippen LogP contribution in [-0.4, -0.2) is 25.6 Å². The molecule has 1 heterocycles. The first kappa shape index (κ1) is 21.9. The van der Waals surface area contributed by atoms with E-state index >= 15 is 0 Å². The lowest BCUT2D eigenvalue weighted by Gasteiger charge is -2.14. The van der Waals surface area contributed by atoms with Crippen LogP contribution in [0.25, 0.3) is 16.7 Å². The average Bonchev–Trinajstić information content (AvgIpc) is 3.13. The predicted octanol–water partition coefficient (Wildman–Crippen LogP) is 6.01. The molecule has 4 aromatic rings. The zero-order chi connectivity index (χ0) is 22.8. The number of carbonyl (C=O) groups is 1. The van der Waals surface area contributed by atoms with E-state index in [2.05, 4.69) is 5.32 Å². The summed E-state index contributed by atoms with van der Waals surface area (Å²) in [6.07, 6.45) is 0. The van der Waals surface area contributed by atoms with Crippen LogP contribution in [-0.2, 0) is 4.79 Å². The number of halogens is 1. The Morgan fingerprint density at radius 2 is 1.88 bits per heavy atom. The summed E-state index contributed by atoms with van der Waals surface area (Å²) in [7, 11) is 0. The quantitative estimate of drug-likeness (QED) is 0.213. The van der Waals surface area contributed by atoms with Crippen molar-refractivity contribution < 1.29 is 9.72 Å². The number of aryl methyl sites for hydroxylation is 1. The molecule has 1 aromatic heterocycles. The second-order valence-corrected chi connectivity index (χ2v) is 8.94. The van der Waals surface area contributed by atoms with E-state index in [1.54, 1.807) is 6.92 Å². The van der Waals surface area contributed by atoms with E-state index in [0.717, 1.165) is 22.3 Å². The molecule has 0 aliphatic heterocycles. The van der Waals surface area contributed by atoms with E-state index < -0.39 is 10.2 Å². The second-order valence-electron chi connectivity index (χ2n) is 7.22. The van der Waals surface area contributed by atoms with Gasteiger partial charge in [0.25, 0.3) is 5.69 Å². The summed E-state index contributed by atoms with van der Waals surface area (Å²) in [4.78, 5) is 27.9. The first-order valence-electron chi connectivity index (χ1n) is 9.79. The maximum Gasteiger partial charge on any atom is 0.271 e. The molecule has 162 valence electrons. The van der Waals surface area contributed by atoms with Gasteiger partial charge in [-0.2, -0.15) is 0 Å². The number of imidazole rings is 1. The lowest BCUT2D eigenvalue weighted by Crippen LogP contribution is -2.23. The minimum absolute atomic E-state index is 0.108. The number of para-hydroxylation sites is 2. The van der Waals surface area contributed by atoms with Crippen LogP contribution in [0.3, 0.4) is 0 Å². The van der Waals surface area contributed by atoms with E-state index in [1.807, 2.05) is 60.0 Å². The monoisotopic (exact) mass is 466 g/mol. The van der Waals surface area contributed by atoms with E-state index in [-0.39, 0.29) is 16.6 Å². The maximum absolute atomic E-state index is 12.8. The summed E-state index contributed by atoms with van der Waals surface area (Å²) in [6.45, 7) is 3.80. The minimum atomic E-state index is -0.536. The number of non-ortho nitro benzene ring substituents is 1. The van der Waals surface area contributed by atoms with Gasteiger partial charge < -0.3 is 5.32 Å². The number of rotatable bonds is 6. The molecule has 1 N–H and O–H groups in total. The molecule has 0 unspecified atom stereocenters. The Morgan fingerprint density at radius 1 is 1.16 bits per heavy atom. The number of amides is 1. The standard InChI is InChI=1S/C23H19ClN4O3S/c1-14-7-9-16(10-8-14)27-21-6-4-3-5-20(21)26-23(27)32-15(2)22(29)25-19-12-11-17(28(30)31)13-18(19)24/h3-13,15H,1-2H3,(H,25,29)/t15-/m0/s1. The second kappa shape index (κ2) is 9.02. The van der Waals surface area contributed by atoms with Crippen LogP contribution in [0.2, 0.25) is 5.02 Å². The van der Waals surface area contributed by atoms with Gasteiger partial charge in [0.15, 0.2) is 5.16 Å². The molecule has 7 nitrogen and oxygen atoms in total. The molecule has 0 saturated heterocycles. The van der Waals surface area contributed by atoms with Crippen molar-refractivity contribution in [3.63, 3.8) is 0 Å². The Hall–Kier alpha value is -3.36. The lowest BCUT2D eigenvalue weighted by molar-refractivity contribution is -0.384. The molecular formula is C23H19ClN4O3S. The van der Waals surface area contributed by atoms with Gasteiger partial charge in [-0.3, -0.25) is 19.5 Å². The van der Waals surface area contributed by atoms with E-state index in [0.29, 0.717) is 10.8 Å². The molecule has 0 radical (unpaired) electrons. The van der Waals surface area contributed by atoms with Crippen LogP contribution in [0.1, 0.15) is 12.5 Å². The van der Waals surface area contributed by atoms with Crippen molar-refractivity contribution in [3.8, 4) is 5.69 Å². The zero-order valence-corrected chi connectivity index (χ0v) is 18.9. The Bertz CT molecular complexity index is 1320. The largest absolute Gasteiger partial charge is 0.324 e. The summed E-state index contributed by atoms with van der Waals surface area (Å²) in [5.41, 5.74) is 4.08. The highest BCUT2D eigenvalue weighted by Crippen LogP contribution is 2.32. The number of hydrogen-bond acceptors (Lipinski definition) is 5. The summed E-state index contributed by atoms with van der Waals surface area (Å²) in [6, 6.07) is 19.9. The fourth-order valence-corrected chi connectivity index (χ4v) is 4.36. The average molecular weight is 467 g/mol. The minimum Gasteiger partial charge on any atom is -0.324 e. The Balaban J connectivity index is 1.60. The highest BCUT2D eigenvalue weighted by molar-refractivity contribution is 8.00. The van der Waals surface area contributed by atoms with E-state index in [4.69, 9.17) is 16.6 Å². The summed E-state index contributed by atoms with van der Waals surface area (Å²) >= 11 is 7.44. The van der Waals surface area contributed by atoms with Crippen molar-refractivity contribution in [2.75, 3.05) is 5.32 Å². The van der Waals surface area contributed by atoms with Gasteiger partial charge in [-0.1, -0.05) is 53.2 Å². The van der Waals surface area contributed by atoms with Crippen molar-refractivity contribution in [3.05, 3.63) is 87.4 Å². The number of nitro groups is 1. The molecule has 0 bridgehead atoms. The molecule has 0 spiro atoms. The summed E-state index contributed by atoms with van der Waals surface area (Å²) in [5, 5.41) is 13.9. The number of carbonyl (C=O) groups excluding carboxylic acids is 1. The zero-order valence-electron chi connectivity index (χ0n) is 17.3. The molecule has 32 heavy (non-hydrogen) atoms. The maximum atomic E-state index is 12.8. The Kier molecular flexibility index (Phi) is 6.16. The topological polar surface area (TPSA) is 90.1 Å². The van der Waals surface area contributed by atoms with Gasteiger partial charge in [-0.25, -0.2) is 4.98 Å². The molecule has 0 saturated carbocycles. The van der Waals surface area contributed by atoms with Crippen LogP contribution in [0, 0.1) is 17.0 Å². The Morgan fingerprint density at radius 3 is 2.56 bits per heavy atom. The van der Waals surface area contributed by atoms with Crippen LogP contribution in [0.4, 0.5) is 11.4 Å². The van der Waals surface area contributed by atoms with Crippen LogP contribution in [0.5, 0.6) is 0 Å². The van der Waals surface area contributed by atoms with Gasteiger partial charge in [0.2, 0.25) is 5.91 Å². The van der Waals surface area contributed by atoms with E-state index in [9.17, 15) is 14.9 Å². The third kappa shape index (κ3) is 4.46. The molecule has 4 rings (SSSR count). The van der Waals surface area contributed by atoms with Gasteiger partial charge >= 0.3 is 0 Å². The number of fused-ring (bicyclic) bond motifs is 1. The van der Waals surface area contributed by atoms with E-state index in [1.165, 1.54) is 30.0 Å². The predicted molar refractivity (Wildman–Crippen MR) is 128 cm³/mol. The van der Waals surface area contributed by atoms with Gasteiger partial charge in [-0.05, 0) is 44.2 Å². The lowest BCUT2D eigenvalue weighted by atomic mass is 10.2. The summed E-state index contributed by atoms with van der Waals surface area (Å²) < 4.78 is 2.03. The van der Waals surface area contributed by atoms with Crippen molar-refractivity contribution in [2.24, 2.45) is 0 Å². The first-order valence-corrected chi connectivity index (χ1v) is 11.1. The normalized spacial score (nSPS) is 12.0. The van der Waals surface area contributed by atoms with Crippen LogP contribution < -0.4 is 5.32 Å². The third-order valence-electron chi connectivity index (χ3n) is 4.89. The van der Waals surface area contributed by atoms with Crippen molar-refractivity contribution in [2.45, 2.75) is 24.3 Å². The molecule has 9 heteroatoms. The van der Waals surface area contributed by atoms with Crippen molar-refractivity contribution in [1.82, 2.24) is 9.55 Å². The summed E-state index contributed by atoms with van der Waals surface area (Å²) in [5.74, 6) is -0.284. The number of benzene rings is 3. The molecule has 0 aliphatic rings. The number of nitro benzene ring substituents is 1. The van der Waals surface area contributed by atoms with Crippen LogP contribution >= 0.6 is 23.4 Å². The first-order chi connectivity index (χ1) is 15.3. The van der Waals surface area contributed by atoms with Gasteiger partial charge in [0.1, 0.15) is 0 Å². The number of thioether (sulfide) groups is 1. The van der Waals surface area contributed by atoms with Crippen molar-refractivity contribution in [1.29, 1.82) is 0 Å². The number of anilines is 1.